The van der Waals surface area contributed by atoms with Crippen molar-refractivity contribution in [2.24, 2.45) is 10.2 Å². The van der Waals surface area contributed by atoms with Crippen molar-refractivity contribution < 1.29 is 47.8 Å². The fourth-order valence-corrected chi connectivity index (χ4v) is 6.78. The molecule has 0 aliphatic carbocycles. The van der Waals surface area contributed by atoms with Crippen LogP contribution in [0.4, 0.5) is 0 Å². The summed E-state index contributed by atoms with van der Waals surface area (Å²) in [5, 5.41) is 16.8. The maximum atomic E-state index is 12.6. The Morgan fingerprint density at radius 3 is 1.15 bits per heavy atom. The largest absolute Gasteiger partial charge is 0.460 e. The molecule has 0 saturated heterocycles. The first-order chi connectivity index (χ1) is 30.2. The summed E-state index contributed by atoms with van der Waals surface area (Å²) in [5.41, 5.74) is 15.1. The van der Waals surface area contributed by atoms with Gasteiger partial charge in [0.2, 0.25) is 33.9 Å². The molecule has 0 heterocycles. The zero-order valence-corrected chi connectivity index (χ0v) is 46.9. The second kappa shape index (κ2) is 47.6. The molecule has 0 bridgehead atoms. The predicted molar refractivity (Wildman–Crippen MR) is 291 cm³/mol. The Kier molecular flexibility index (Phi) is 53.4. The van der Waals surface area contributed by atoms with E-state index in [0.29, 0.717) is 51.9 Å². The van der Waals surface area contributed by atoms with Crippen LogP contribution >= 0.6 is 77.5 Å². The molecule has 0 fully saturated rings. The monoisotopic (exact) mass is 1080 g/mol. The van der Waals surface area contributed by atoms with E-state index in [9.17, 15) is 38.4 Å². The number of nitrogens with one attached hydrogen (secondary N) is 4. The summed E-state index contributed by atoms with van der Waals surface area (Å²) in [6.07, 6.45) is 8.21. The number of rotatable bonds is 32. The van der Waals surface area contributed by atoms with Gasteiger partial charge in [-0.05, 0) is 91.1 Å². The van der Waals surface area contributed by atoms with Gasteiger partial charge in [0, 0.05) is 73.2 Å². The van der Waals surface area contributed by atoms with Crippen molar-refractivity contribution in [1.29, 1.82) is 0 Å². The fourth-order valence-electron chi connectivity index (χ4n) is 5.12. The van der Waals surface area contributed by atoms with E-state index in [1.54, 1.807) is 41.5 Å². The van der Waals surface area contributed by atoms with Crippen LogP contribution < -0.4 is 21.3 Å². The van der Waals surface area contributed by atoms with Gasteiger partial charge in [-0.15, -0.1) is 0 Å². The van der Waals surface area contributed by atoms with Crippen LogP contribution in [0.1, 0.15) is 158 Å². The van der Waals surface area contributed by atoms with E-state index in [2.05, 4.69) is 55.2 Å². The van der Waals surface area contributed by atoms with Crippen LogP contribution in [0.3, 0.4) is 0 Å². The molecule has 0 spiro atoms. The molecule has 4 amide bonds. The molecule has 2 unspecified atom stereocenters. The molecule has 396 valence electrons. The average molecular weight is 1080 g/mol. The van der Waals surface area contributed by atoms with Gasteiger partial charge in [-0.25, -0.2) is 0 Å². The predicted octanol–water partition coefficient (Wildman–Crippen LogP) is 7.73. The smallest absolute Gasteiger partial charge is 0.308 e. The molecule has 0 aliphatic rings. The second-order valence-electron chi connectivity index (χ2n) is 16.6. The molecule has 0 aliphatic heterocycles. The molecular weight excluding hydrogens is 997 g/mol. The van der Waals surface area contributed by atoms with Gasteiger partial charge < -0.3 is 30.7 Å². The van der Waals surface area contributed by atoms with Crippen LogP contribution in [-0.4, -0.2) is 107 Å². The summed E-state index contributed by atoms with van der Waals surface area (Å²) in [7, 11) is 0. The molecule has 0 saturated carbocycles. The van der Waals surface area contributed by atoms with E-state index in [-0.39, 0.29) is 128 Å². The lowest BCUT2D eigenvalue weighted by molar-refractivity contribution is -0.157. The summed E-state index contributed by atoms with van der Waals surface area (Å²) >= 11 is 1.83. The molecular formula is C42H82N10O10S6. The van der Waals surface area contributed by atoms with Crippen LogP contribution in [0.5, 0.6) is 0 Å². The molecule has 0 rings (SSSR count). The highest BCUT2D eigenvalue weighted by Gasteiger charge is 2.29. The highest BCUT2D eigenvalue weighted by Crippen LogP contribution is 2.16. The molecule has 0 aromatic rings. The van der Waals surface area contributed by atoms with Crippen LogP contribution in [0, 0.1) is 0 Å². The number of carbonyl (C=O) groups excluding carboxylic acids is 8. The molecule has 68 heavy (non-hydrogen) atoms. The zero-order chi connectivity index (χ0) is 48.8. The van der Waals surface area contributed by atoms with Crippen LogP contribution in [0.2, 0.25) is 0 Å². The van der Waals surface area contributed by atoms with E-state index in [0.717, 1.165) is 62.0 Å². The van der Waals surface area contributed by atoms with Gasteiger partial charge in [-0.3, -0.25) is 38.4 Å². The first-order valence-corrected chi connectivity index (χ1v) is 24.1. The molecule has 4 N–H and O–H groups in total. The molecule has 2 atom stereocenters. The van der Waals surface area contributed by atoms with Crippen molar-refractivity contribution in [1.82, 2.24) is 21.3 Å². The highest BCUT2D eigenvalue weighted by atomic mass is 32.2. The van der Waals surface area contributed by atoms with Gasteiger partial charge in [0.25, 0.3) is 0 Å². The lowest BCUT2D eigenvalue weighted by atomic mass is 10.1. The van der Waals surface area contributed by atoms with Crippen LogP contribution in [-0.2, 0) is 47.8 Å². The van der Waals surface area contributed by atoms with Gasteiger partial charge >= 0.3 is 11.9 Å². The molecule has 0 radical (unpaired) electrons. The topological polar surface area (TPSA) is 301 Å². The number of ether oxygens (including phenoxy) is 2. The third-order valence-electron chi connectivity index (χ3n) is 8.12. The maximum Gasteiger partial charge on any atom is 0.308 e. The summed E-state index contributed by atoms with van der Waals surface area (Å²) in [5.74, 6) is -1.67. The zero-order valence-electron chi connectivity index (χ0n) is 41.3. The van der Waals surface area contributed by atoms with Crippen LogP contribution in [0.25, 0.3) is 20.9 Å². The van der Waals surface area contributed by atoms with Crippen molar-refractivity contribution >= 4 is 123 Å². The first kappa shape index (κ1) is 76.4. The van der Waals surface area contributed by atoms with E-state index in [1.807, 2.05) is 0 Å². The van der Waals surface area contributed by atoms with E-state index < -0.39 is 45.5 Å². The first-order valence-electron chi connectivity index (χ1n) is 22.1. The normalized spacial score (nSPS) is 11.1. The third kappa shape index (κ3) is 50.7. The van der Waals surface area contributed by atoms with E-state index in [4.69, 9.17) is 20.5 Å². The maximum absolute atomic E-state index is 12.6. The van der Waals surface area contributed by atoms with Crippen molar-refractivity contribution in [3.8, 4) is 0 Å². The van der Waals surface area contributed by atoms with E-state index in [1.165, 1.54) is 0 Å². The Hall–Kier alpha value is -3.12. The Labute approximate surface area is 440 Å². The van der Waals surface area contributed by atoms with Gasteiger partial charge in [-0.1, -0.05) is 73.3 Å². The third-order valence-corrected chi connectivity index (χ3v) is 10.1. The van der Waals surface area contributed by atoms with Crippen molar-refractivity contribution in [3.05, 3.63) is 20.9 Å². The summed E-state index contributed by atoms with van der Waals surface area (Å²) < 4.78 is 10.5. The minimum atomic E-state index is -1.04. The second-order valence-corrected chi connectivity index (χ2v) is 18.8. The van der Waals surface area contributed by atoms with Gasteiger partial charge in [0.1, 0.15) is 23.3 Å². The number of esters is 2. The lowest BCUT2D eigenvalue weighted by Gasteiger charge is -2.22. The number of azide groups is 2. The molecule has 26 heteroatoms. The van der Waals surface area contributed by atoms with Gasteiger partial charge in [0.15, 0.2) is 0 Å². The summed E-state index contributed by atoms with van der Waals surface area (Å²) in [6, 6.07) is -2.07. The Bertz CT molecular complexity index is 1450. The Morgan fingerprint density at radius 1 is 0.515 bits per heavy atom. The molecule has 0 aromatic heterocycles. The number of unbranched alkanes of at least 4 members (excludes halogenated alkanes) is 6. The number of nitrogens with zero attached hydrogens (tertiary/aromatic N) is 6. The van der Waals surface area contributed by atoms with Crippen LogP contribution in [0.15, 0.2) is 10.2 Å². The van der Waals surface area contributed by atoms with Crippen molar-refractivity contribution in [3.63, 3.8) is 0 Å². The minimum absolute atomic E-state index is 0. The fraction of sp³-hybridized carbons (Fsp3) is 0.810. The van der Waals surface area contributed by atoms with E-state index >= 15 is 0 Å². The van der Waals surface area contributed by atoms with Crippen molar-refractivity contribution in [2.75, 3.05) is 37.7 Å². The standard InChI is InChI=1S/2C21H37N5O5S.4H2S/c2*1-5-6-8-12-23-17(27)11-14-32-20(30)16(15-19(29)31-21(2,3)4)25-18(28)10-7-9-13-24-26-22;;;;/h2*16H,5-15H2,1-4H3,(H,23,27)(H,25,28);4*1H2. The average Bonchev–Trinajstić information content (AvgIpc) is 3.19. The number of hydrogen-bond acceptors (Lipinski definition) is 14. The Balaban J connectivity index is -0.000000267. The number of amides is 4. The lowest BCUT2D eigenvalue weighted by Crippen LogP contribution is -2.42. The van der Waals surface area contributed by atoms with Gasteiger partial charge in [0.05, 0.1) is 12.8 Å². The molecule has 20 nitrogen and oxygen atoms in total. The highest BCUT2D eigenvalue weighted by molar-refractivity contribution is 8.14. The number of carbonyl (C=O) groups is 8. The van der Waals surface area contributed by atoms with Crippen molar-refractivity contribution in [2.45, 2.75) is 181 Å². The number of hydrogen-bond donors (Lipinski definition) is 4. The Morgan fingerprint density at radius 2 is 0.853 bits per heavy atom. The summed E-state index contributed by atoms with van der Waals surface area (Å²) in [6.45, 7) is 16.3. The van der Waals surface area contributed by atoms with Gasteiger partial charge in [-0.2, -0.15) is 54.0 Å². The number of thioether (sulfide) groups is 2. The summed E-state index contributed by atoms with van der Waals surface area (Å²) in [4.78, 5) is 103. The molecule has 0 aromatic carbocycles. The SMILES string of the molecule is CCCCCNC(=O)CCSC(=O)C(CC(=O)OC(C)(C)C)NC(=O)CCCCN=[N+]=[N-].CCCCCNC(=O)CCSC(=O)C(CC(=O)OC(C)(C)C)NC(=O)CCCCN=[N+]=[N-].S.S.S.S. The minimum Gasteiger partial charge on any atom is -0.460 e. The quantitative estimate of drug-likeness (QED) is 0.0165.